The van der Waals surface area contributed by atoms with Gasteiger partial charge in [-0.15, -0.1) is 0 Å². The highest BCUT2D eigenvalue weighted by Gasteiger charge is 2.34. The number of rotatable bonds is 4. The molecule has 0 aliphatic heterocycles. The molecule has 0 bridgehead atoms. The number of benzene rings is 1. The predicted octanol–water partition coefficient (Wildman–Crippen LogP) is 6.07. The van der Waals surface area contributed by atoms with Crippen molar-refractivity contribution < 1.29 is 4.57 Å². The molecule has 0 N–H and O–H groups in total. The molecule has 1 aromatic rings. The van der Waals surface area contributed by atoms with Crippen LogP contribution in [-0.2, 0) is 4.57 Å². The summed E-state index contributed by atoms with van der Waals surface area (Å²) in [6, 6.07) is 9.87. The molecule has 0 saturated carbocycles. The first-order valence-corrected chi connectivity index (χ1v) is 9.76. The van der Waals surface area contributed by atoms with Crippen LogP contribution in [0.4, 0.5) is 0 Å². The fourth-order valence-corrected chi connectivity index (χ4v) is 5.49. The van der Waals surface area contributed by atoms with Crippen molar-refractivity contribution in [1.82, 2.24) is 0 Å². The van der Waals surface area contributed by atoms with Gasteiger partial charge in [0.1, 0.15) is 7.14 Å². The molecule has 2 heteroatoms. The van der Waals surface area contributed by atoms with Gasteiger partial charge >= 0.3 is 0 Å². The van der Waals surface area contributed by atoms with Gasteiger partial charge < -0.3 is 4.57 Å². The first kappa shape index (κ1) is 18.5. The van der Waals surface area contributed by atoms with E-state index >= 15 is 0 Å². The van der Waals surface area contributed by atoms with E-state index in [0.717, 1.165) is 17.0 Å². The van der Waals surface area contributed by atoms with Crippen LogP contribution in [0.2, 0.25) is 0 Å². The highest BCUT2D eigenvalue weighted by Crippen LogP contribution is 2.58. The maximum atomic E-state index is 13.8. The van der Waals surface area contributed by atoms with E-state index in [9.17, 15) is 4.57 Å². The Labute approximate surface area is 135 Å². The molecule has 0 aromatic heterocycles. The van der Waals surface area contributed by atoms with Crippen molar-refractivity contribution in [3.05, 3.63) is 78.2 Å². The summed E-state index contributed by atoms with van der Waals surface area (Å²) in [6.45, 7) is 7.96. The third-order valence-electron chi connectivity index (χ3n) is 3.62. The Balaban J connectivity index is 0.00000116. The average molecular weight is 314 g/mol. The lowest BCUT2D eigenvalue weighted by Gasteiger charge is -2.27. The lowest BCUT2D eigenvalue weighted by atomic mass is 10.2. The Morgan fingerprint density at radius 2 is 1.86 bits per heavy atom. The molecule has 0 saturated heterocycles. The molecule has 0 fully saturated rings. The van der Waals surface area contributed by atoms with Gasteiger partial charge in [-0.25, -0.2) is 0 Å². The second-order valence-electron chi connectivity index (χ2n) is 4.94. The van der Waals surface area contributed by atoms with Gasteiger partial charge in [0.15, 0.2) is 0 Å². The summed E-state index contributed by atoms with van der Waals surface area (Å²) in [5.41, 5.74) is 0.0661. The maximum Gasteiger partial charge on any atom is 0.145 e. The van der Waals surface area contributed by atoms with Gasteiger partial charge in [0.05, 0.1) is 0 Å². The zero-order valence-electron chi connectivity index (χ0n) is 14.1. The third-order valence-corrected chi connectivity index (χ3v) is 7.20. The molecule has 22 heavy (non-hydrogen) atoms. The van der Waals surface area contributed by atoms with Gasteiger partial charge in [-0.2, -0.15) is 0 Å². The standard InChI is InChI=1S/C18H21OP.C2H6/c1-3-4-11-16(2)20(19,17-12-7-5-8-13-17)18-14-9-6-10-15-18;1-2/h3-14,18H,15H2,1-2H3;1-2H3/b4-3-,16-11+;. The van der Waals surface area contributed by atoms with Crippen LogP contribution >= 0.6 is 7.14 Å². The van der Waals surface area contributed by atoms with E-state index in [2.05, 4.69) is 12.2 Å². The van der Waals surface area contributed by atoms with E-state index in [1.807, 2.05) is 88.4 Å². The highest BCUT2D eigenvalue weighted by atomic mass is 31.2. The molecular weight excluding hydrogens is 287 g/mol. The summed E-state index contributed by atoms with van der Waals surface area (Å²) in [4.78, 5) is 0. The van der Waals surface area contributed by atoms with Crippen LogP contribution in [0.1, 0.15) is 34.1 Å². The van der Waals surface area contributed by atoms with Crippen LogP contribution in [0.5, 0.6) is 0 Å². The summed E-state index contributed by atoms with van der Waals surface area (Å²) < 4.78 is 13.8. The second kappa shape index (κ2) is 9.43. The largest absolute Gasteiger partial charge is 0.313 e. The first-order chi connectivity index (χ1) is 10.7. The van der Waals surface area contributed by atoms with Crippen molar-refractivity contribution in [2.75, 3.05) is 0 Å². The van der Waals surface area contributed by atoms with Crippen LogP contribution in [0.15, 0.2) is 78.2 Å². The molecule has 0 amide bonds. The molecule has 1 aromatic carbocycles. The first-order valence-electron chi connectivity index (χ1n) is 7.98. The van der Waals surface area contributed by atoms with Crippen LogP contribution in [0.3, 0.4) is 0 Å². The Kier molecular flexibility index (Phi) is 7.91. The number of allylic oxidation sites excluding steroid dienone is 8. The molecule has 0 heterocycles. The molecular formula is C20H27OP. The Bertz CT molecular complexity index is 606. The molecule has 2 atom stereocenters. The molecule has 1 aliphatic carbocycles. The van der Waals surface area contributed by atoms with E-state index in [1.165, 1.54) is 0 Å². The predicted molar refractivity (Wildman–Crippen MR) is 100 cm³/mol. The lowest BCUT2D eigenvalue weighted by Crippen LogP contribution is -2.17. The quantitative estimate of drug-likeness (QED) is 0.487. The molecule has 2 unspecified atom stereocenters. The SMILES string of the molecule is C/C=C\C=C(/C)P(=O)(c1ccccc1)C1C=CC=CC1.CC. The van der Waals surface area contributed by atoms with Crippen molar-refractivity contribution in [2.24, 2.45) is 0 Å². The van der Waals surface area contributed by atoms with Gasteiger partial charge in [0.2, 0.25) is 0 Å². The van der Waals surface area contributed by atoms with E-state index in [0.29, 0.717) is 0 Å². The van der Waals surface area contributed by atoms with Gasteiger partial charge in [0.25, 0.3) is 0 Å². The Morgan fingerprint density at radius 3 is 2.41 bits per heavy atom. The summed E-state index contributed by atoms with van der Waals surface area (Å²) >= 11 is 0. The number of hydrogen-bond donors (Lipinski definition) is 0. The van der Waals surface area contributed by atoms with Crippen LogP contribution in [-0.4, -0.2) is 5.66 Å². The topological polar surface area (TPSA) is 17.1 Å². The second-order valence-corrected chi connectivity index (χ2v) is 8.14. The molecule has 1 aliphatic rings. The maximum absolute atomic E-state index is 13.8. The summed E-state index contributed by atoms with van der Waals surface area (Å²) in [7, 11) is -2.60. The Morgan fingerprint density at radius 1 is 1.18 bits per heavy atom. The van der Waals surface area contributed by atoms with Crippen molar-refractivity contribution in [3.8, 4) is 0 Å². The molecule has 1 nitrogen and oxygen atoms in total. The van der Waals surface area contributed by atoms with Crippen molar-refractivity contribution in [1.29, 1.82) is 0 Å². The Hall–Kier alpha value is -1.59. The van der Waals surface area contributed by atoms with Crippen molar-refractivity contribution >= 4 is 12.4 Å². The molecule has 2 rings (SSSR count). The summed E-state index contributed by atoms with van der Waals surface area (Å²) in [5.74, 6) is 0. The minimum absolute atomic E-state index is 0.0661. The smallest absolute Gasteiger partial charge is 0.145 e. The molecule has 0 radical (unpaired) electrons. The van der Waals surface area contributed by atoms with E-state index in [-0.39, 0.29) is 5.66 Å². The van der Waals surface area contributed by atoms with Crippen molar-refractivity contribution in [3.63, 3.8) is 0 Å². The average Bonchev–Trinajstić information content (AvgIpc) is 2.62. The van der Waals surface area contributed by atoms with E-state index in [1.54, 1.807) is 0 Å². The van der Waals surface area contributed by atoms with Crippen LogP contribution in [0.25, 0.3) is 0 Å². The van der Waals surface area contributed by atoms with E-state index < -0.39 is 7.14 Å². The lowest BCUT2D eigenvalue weighted by molar-refractivity contribution is 0.580. The van der Waals surface area contributed by atoms with Gasteiger partial charge in [-0.1, -0.05) is 86.7 Å². The van der Waals surface area contributed by atoms with Gasteiger partial charge in [-0.05, 0) is 25.6 Å². The third kappa shape index (κ3) is 4.21. The minimum atomic E-state index is -2.60. The van der Waals surface area contributed by atoms with E-state index in [4.69, 9.17) is 0 Å². The summed E-state index contributed by atoms with van der Waals surface area (Å²) in [6.07, 6.45) is 15.0. The monoisotopic (exact) mass is 314 g/mol. The van der Waals surface area contributed by atoms with Crippen LogP contribution < -0.4 is 5.30 Å². The highest BCUT2D eigenvalue weighted by molar-refractivity contribution is 7.76. The zero-order valence-corrected chi connectivity index (χ0v) is 15.0. The van der Waals surface area contributed by atoms with Crippen molar-refractivity contribution in [2.45, 2.75) is 39.8 Å². The molecule has 118 valence electrons. The van der Waals surface area contributed by atoms with Gasteiger partial charge in [0, 0.05) is 11.0 Å². The molecule has 0 spiro atoms. The normalized spacial score (nSPS) is 20.4. The minimum Gasteiger partial charge on any atom is -0.313 e. The van der Waals surface area contributed by atoms with Gasteiger partial charge in [-0.3, -0.25) is 0 Å². The van der Waals surface area contributed by atoms with Crippen LogP contribution in [0, 0.1) is 0 Å². The zero-order chi connectivity index (χ0) is 16.4. The number of hydrogen-bond acceptors (Lipinski definition) is 1. The summed E-state index contributed by atoms with van der Waals surface area (Å²) in [5, 5.41) is 1.91. The fourth-order valence-electron chi connectivity index (χ4n) is 2.49. The fraction of sp³-hybridized carbons (Fsp3) is 0.300.